The third-order valence-corrected chi connectivity index (χ3v) is 0.958. The molecule has 0 atom stereocenters. The van der Waals surface area contributed by atoms with E-state index in [2.05, 4.69) is 10.3 Å². The molecule has 54 valence electrons. The standard InChI is InChI=1S/C6H7NO3/c8-5-10-7-4-6-2-1-3-9-6/h1-3,5,7H,4H2. The van der Waals surface area contributed by atoms with Crippen LogP contribution in [0.25, 0.3) is 0 Å². The first kappa shape index (κ1) is 6.82. The molecule has 4 nitrogen and oxygen atoms in total. The van der Waals surface area contributed by atoms with Gasteiger partial charge in [0.05, 0.1) is 12.8 Å². The summed E-state index contributed by atoms with van der Waals surface area (Å²) in [5.74, 6) is 0.724. The van der Waals surface area contributed by atoms with Gasteiger partial charge in [0.25, 0.3) is 0 Å². The van der Waals surface area contributed by atoms with Crippen molar-refractivity contribution in [3.8, 4) is 0 Å². The first-order chi connectivity index (χ1) is 4.93. The van der Waals surface area contributed by atoms with Crippen LogP contribution in [0.1, 0.15) is 5.76 Å². The van der Waals surface area contributed by atoms with E-state index in [4.69, 9.17) is 4.42 Å². The van der Waals surface area contributed by atoms with Crippen molar-refractivity contribution < 1.29 is 14.0 Å². The van der Waals surface area contributed by atoms with E-state index in [-0.39, 0.29) is 0 Å². The first-order valence-corrected chi connectivity index (χ1v) is 2.78. The van der Waals surface area contributed by atoms with Crippen molar-refractivity contribution >= 4 is 6.47 Å². The number of hydrogen-bond acceptors (Lipinski definition) is 4. The van der Waals surface area contributed by atoms with Crippen LogP contribution in [0.2, 0.25) is 0 Å². The topological polar surface area (TPSA) is 51.5 Å². The molecule has 0 bridgehead atoms. The van der Waals surface area contributed by atoms with E-state index in [1.807, 2.05) is 0 Å². The van der Waals surface area contributed by atoms with E-state index >= 15 is 0 Å². The Hall–Kier alpha value is -1.29. The van der Waals surface area contributed by atoms with Crippen molar-refractivity contribution in [3.05, 3.63) is 24.2 Å². The number of hydroxylamine groups is 1. The van der Waals surface area contributed by atoms with Crippen LogP contribution in [0.3, 0.4) is 0 Å². The highest BCUT2D eigenvalue weighted by Crippen LogP contribution is 1.97. The molecule has 1 rings (SSSR count). The molecule has 1 aromatic rings. The van der Waals surface area contributed by atoms with Crippen molar-refractivity contribution in [2.75, 3.05) is 0 Å². The number of hydrogen-bond donors (Lipinski definition) is 1. The molecular weight excluding hydrogens is 134 g/mol. The molecule has 0 amide bonds. The minimum atomic E-state index is 0.322. The van der Waals surface area contributed by atoms with Gasteiger partial charge in [0.2, 0.25) is 0 Å². The zero-order valence-corrected chi connectivity index (χ0v) is 5.24. The lowest BCUT2D eigenvalue weighted by atomic mass is 10.5. The Bertz CT molecular complexity index is 183. The summed E-state index contributed by atoms with van der Waals surface area (Å²) in [4.78, 5) is 13.8. The third-order valence-electron chi connectivity index (χ3n) is 0.958. The monoisotopic (exact) mass is 141 g/mol. The minimum absolute atomic E-state index is 0.322. The predicted octanol–water partition coefficient (Wildman–Crippen LogP) is 0.457. The van der Waals surface area contributed by atoms with Crippen LogP contribution in [0.5, 0.6) is 0 Å². The maximum atomic E-state index is 9.62. The Morgan fingerprint density at radius 2 is 2.70 bits per heavy atom. The summed E-state index contributed by atoms with van der Waals surface area (Å²) >= 11 is 0. The fourth-order valence-corrected chi connectivity index (χ4v) is 0.560. The van der Waals surface area contributed by atoms with E-state index < -0.39 is 0 Å². The summed E-state index contributed by atoms with van der Waals surface area (Å²) in [6, 6.07) is 3.54. The van der Waals surface area contributed by atoms with E-state index in [1.54, 1.807) is 18.4 Å². The Morgan fingerprint density at radius 1 is 1.80 bits per heavy atom. The molecule has 0 saturated heterocycles. The van der Waals surface area contributed by atoms with E-state index in [1.165, 1.54) is 0 Å². The van der Waals surface area contributed by atoms with Crippen LogP contribution in [0.15, 0.2) is 22.8 Å². The molecule has 0 aliphatic carbocycles. The van der Waals surface area contributed by atoms with E-state index in [9.17, 15) is 4.79 Å². The molecule has 0 saturated carbocycles. The molecule has 1 N–H and O–H groups in total. The SMILES string of the molecule is O=CONCc1ccco1. The highest BCUT2D eigenvalue weighted by molar-refractivity contribution is 5.36. The molecule has 0 aromatic carbocycles. The average Bonchev–Trinajstić information content (AvgIpc) is 2.41. The fourth-order valence-electron chi connectivity index (χ4n) is 0.560. The van der Waals surface area contributed by atoms with Gasteiger partial charge >= 0.3 is 6.47 Å². The van der Waals surface area contributed by atoms with Crippen molar-refractivity contribution in [3.63, 3.8) is 0 Å². The maximum Gasteiger partial charge on any atom is 0.312 e. The highest BCUT2D eigenvalue weighted by atomic mass is 16.7. The zero-order chi connectivity index (χ0) is 7.23. The van der Waals surface area contributed by atoms with Gasteiger partial charge in [-0.3, -0.25) is 4.79 Å². The second-order valence-electron chi connectivity index (χ2n) is 1.61. The van der Waals surface area contributed by atoms with Gasteiger partial charge in [-0.15, -0.1) is 5.48 Å². The van der Waals surface area contributed by atoms with Crippen LogP contribution < -0.4 is 5.48 Å². The van der Waals surface area contributed by atoms with Gasteiger partial charge in [-0.25, -0.2) is 0 Å². The van der Waals surface area contributed by atoms with Crippen molar-refractivity contribution in [1.29, 1.82) is 0 Å². The zero-order valence-electron chi connectivity index (χ0n) is 5.24. The summed E-state index contributed by atoms with van der Waals surface area (Å²) < 4.78 is 4.92. The summed E-state index contributed by atoms with van der Waals surface area (Å²) in [6.45, 7) is 0.717. The Labute approximate surface area is 57.7 Å². The summed E-state index contributed by atoms with van der Waals surface area (Å²) in [6.07, 6.45) is 1.55. The van der Waals surface area contributed by atoms with Crippen LogP contribution in [-0.2, 0) is 16.2 Å². The Balaban J connectivity index is 2.21. The molecule has 0 aliphatic rings. The fraction of sp³-hybridized carbons (Fsp3) is 0.167. The van der Waals surface area contributed by atoms with Crippen LogP contribution in [-0.4, -0.2) is 6.47 Å². The Morgan fingerprint density at radius 3 is 3.30 bits per heavy atom. The van der Waals surface area contributed by atoms with E-state index in [0.29, 0.717) is 13.0 Å². The lowest BCUT2D eigenvalue weighted by Gasteiger charge is -1.95. The first-order valence-electron chi connectivity index (χ1n) is 2.78. The molecule has 0 unspecified atom stereocenters. The maximum absolute atomic E-state index is 9.62. The number of carbonyl (C=O) groups excluding carboxylic acids is 1. The quantitative estimate of drug-likeness (QED) is 0.376. The van der Waals surface area contributed by atoms with E-state index in [0.717, 1.165) is 5.76 Å². The predicted molar refractivity (Wildman–Crippen MR) is 32.7 cm³/mol. The molecule has 10 heavy (non-hydrogen) atoms. The number of nitrogens with one attached hydrogen (secondary N) is 1. The summed E-state index contributed by atoms with van der Waals surface area (Å²) in [5, 5.41) is 0. The molecule has 1 aromatic heterocycles. The lowest BCUT2D eigenvalue weighted by Crippen LogP contribution is -2.11. The molecule has 0 spiro atoms. The van der Waals surface area contributed by atoms with Gasteiger partial charge in [0.1, 0.15) is 5.76 Å². The summed E-state index contributed by atoms with van der Waals surface area (Å²) in [7, 11) is 0. The van der Waals surface area contributed by atoms with Gasteiger partial charge in [-0.05, 0) is 12.1 Å². The van der Waals surface area contributed by atoms with Crippen molar-refractivity contribution in [2.24, 2.45) is 0 Å². The number of carbonyl (C=O) groups is 1. The normalized spacial score (nSPS) is 9.20. The second-order valence-corrected chi connectivity index (χ2v) is 1.61. The molecular formula is C6H7NO3. The largest absolute Gasteiger partial charge is 0.468 e. The van der Waals surface area contributed by atoms with Gasteiger partial charge < -0.3 is 9.25 Å². The molecule has 0 fully saturated rings. The lowest BCUT2D eigenvalue weighted by molar-refractivity contribution is -0.135. The van der Waals surface area contributed by atoms with Crippen LogP contribution >= 0.6 is 0 Å². The van der Waals surface area contributed by atoms with Gasteiger partial charge in [0, 0.05) is 0 Å². The third kappa shape index (κ3) is 1.91. The minimum Gasteiger partial charge on any atom is -0.468 e. The number of furan rings is 1. The van der Waals surface area contributed by atoms with Crippen LogP contribution in [0, 0.1) is 0 Å². The van der Waals surface area contributed by atoms with Gasteiger partial charge in [0.15, 0.2) is 0 Å². The Kier molecular flexibility index (Phi) is 2.51. The molecule has 1 heterocycles. The second kappa shape index (κ2) is 3.68. The van der Waals surface area contributed by atoms with Gasteiger partial charge in [-0.1, -0.05) is 0 Å². The molecule has 0 aliphatic heterocycles. The number of rotatable bonds is 4. The van der Waals surface area contributed by atoms with Gasteiger partial charge in [-0.2, -0.15) is 0 Å². The molecule has 4 heteroatoms. The van der Waals surface area contributed by atoms with Crippen molar-refractivity contribution in [2.45, 2.75) is 6.54 Å². The average molecular weight is 141 g/mol. The smallest absolute Gasteiger partial charge is 0.312 e. The highest BCUT2D eigenvalue weighted by Gasteiger charge is 1.91. The molecule has 0 radical (unpaired) electrons. The van der Waals surface area contributed by atoms with Crippen LogP contribution in [0.4, 0.5) is 0 Å². The summed E-state index contributed by atoms with van der Waals surface area (Å²) in [5.41, 5.74) is 2.38. The van der Waals surface area contributed by atoms with Crippen molar-refractivity contribution in [1.82, 2.24) is 5.48 Å².